The monoisotopic (exact) mass is 247 g/mol. The third-order valence-corrected chi connectivity index (χ3v) is 3.80. The highest BCUT2D eigenvalue weighted by Gasteiger charge is 2.28. The number of carbonyl (C=O) groups is 1. The lowest BCUT2D eigenvalue weighted by Gasteiger charge is -2.29. The summed E-state index contributed by atoms with van der Waals surface area (Å²) >= 11 is 0. The van der Waals surface area contributed by atoms with Crippen LogP contribution < -0.4 is 4.90 Å². The zero-order valence-electron chi connectivity index (χ0n) is 11.5. The Bertz CT molecular complexity index is 468. The molecule has 0 spiro atoms. The Morgan fingerprint density at radius 3 is 2.61 bits per heavy atom. The molecule has 1 aromatic rings. The van der Waals surface area contributed by atoms with Crippen LogP contribution >= 0.6 is 0 Å². The van der Waals surface area contributed by atoms with E-state index in [0.717, 1.165) is 12.0 Å². The van der Waals surface area contributed by atoms with Gasteiger partial charge in [0.25, 0.3) is 0 Å². The largest absolute Gasteiger partial charge is 0.481 e. The van der Waals surface area contributed by atoms with Gasteiger partial charge in [0.1, 0.15) is 0 Å². The molecule has 1 aliphatic rings. The molecular weight excluding hydrogens is 226 g/mol. The predicted molar refractivity (Wildman–Crippen MR) is 73.3 cm³/mol. The normalized spacial score (nSPS) is 20.1. The number of fused-ring (bicyclic) bond motifs is 1. The van der Waals surface area contributed by atoms with Crippen LogP contribution in [0.4, 0.5) is 5.69 Å². The number of hydrogen-bond donors (Lipinski definition) is 1. The number of rotatable bonds is 3. The number of aliphatic carboxylic acids is 1. The first-order valence-corrected chi connectivity index (χ1v) is 6.55. The second-order valence-corrected chi connectivity index (χ2v) is 5.50. The zero-order valence-corrected chi connectivity index (χ0v) is 11.5. The van der Waals surface area contributed by atoms with Gasteiger partial charge in [-0.25, -0.2) is 0 Å². The van der Waals surface area contributed by atoms with Gasteiger partial charge in [-0.2, -0.15) is 0 Å². The van der Waals surface area contributed by atoms with E-state index in [1.807, 2.05) is 6.07 Å². The van der Waals surface area contributed by atoms with E-state index < -0.39 is 11.9 Å². The van der Waals surface area contributed by atoms with Gasteiger partial charge in [-0.15, -0.1) is 0 Å². The fraction of sp³-hybridized carbons (Fsp3) is 0.533. The van der Waals surface area contributed by atoms with E-state index in [9.17, 15) is 4.79 Å². The van der Waals surface area contributed by atoms with Gasteiger partial charge in [0.2, 0.25) is 0 Å². The molecule has 98 valence electrons. The molecule has 1 heterocycles. The Balaban J connectivity index is 2.36. The summed E-state index contributed by atoms with van der Waals surface area (Å²) in [5.74, 6) is -1.19. The van der Waals surface area contributed by atoms with Crippen molar-refractivity contribution in [3.8, 4) is 0 Å². The minimum absolute atomic E-state index is 0.432. The minimum atomic E-state index is -0.762. The Labute approximate surface area is 108 Å². The molecular formula is C15H21NO2. The van der Waals surface area contributed by atoms with Crippen LogP contribution in [0.2, 0.25) is 0 Å². The SMILES string of the molecule is CC(C(=O)O)c1ccc2c(c1)CC(C)N2C(C)C. The first-order chi connectivity index (χ1) is 8.41. The van der Waals surface area contributed by atoms with Crippen molar-refractivity contribution in [1.82, 2.24) is 0 Å². The molecule has 18 heavy (non-hydrogen) atoms. The summed E-state index contributed by atoms with van der Waals surface area (Å²) in [6, 6.07) is 7.06. The molecule has 0 amide bonds. The van der Waals surface area contributed by atoms with E-state index in [1.165, 1.54) is 11.3 Å². The third kappa shape index (κ3) is 2.09. The Kier molecular flexibility index (Phi) is 3.33. The van der Waals surface area contributed by atoms with Gasteiger partial charge < -0.3 is 10.0 Å². The Morgan fingerprint density at radius 1 is 1.39 bits per heavy atom. The smallest absolute Gasteiger partial charge is 0.310 e. The molecule has 3 heteroatoms. The molecule has 0 saturated heterocycles. The molecule has 0 saturated carbocycles. The zero-order chi connectivity index (χ0) is 13.4. The standard InChI is InChI=1S/C15H21NO2/c1-9(2)16-10(3)7-13-8-12(5-6-14(13)16)11(4)15(17)18/h5-6,8-11H,7H2,1-4H3,(H,17,18). The van der Waals surface area contributed by atoms with E-state index in [0.29, 0.717) is 12.1 Å². The Hall–Kier alpha value is -1.51. The van der Waals surface area contributed by atoms with Gasteiger partial charge in [-0.05, 0) is 51.3 Å². The van der Waals surface area contributed by atoms with Crippen LogP contribution in [0.3, 0.4) is 0 Å². The van der Waals surface area contributed by atoms with Gasteiger partial charge in [-0.1, -0.05) is 12.1 Å². The first-order valence-electron chi connectivity index (χ1n) is 6.55. The summed E-state index contributed by atoms with van der Waals surface area (Å²) in [5, 5.41) is 9.07. The molecule has 0 aromatic heterocycles. The van der Waals surface area contributed by atoms with Crippen LogP contribution in [0.15, 0.2) is 18.2 Å². The number of carboxylic acid groups (broad SMARTS) is 1. The lowest BCUT2D eigenvalue weighted by atomic mass is 9.98. The van der Waals surface area contributed by atoms with Gasteiger partial charge in [0, 0.05) is 17.8 Å². The topological polar surface area (TPSA) is 40.5 Å². The molecule has 2 rings (SSSR count). The van der Waals surface area contributed by atoms with E-state index >= 15 is 0 Å². The highest BCUT2D eigenvalue weighted by Crippen LogP contribution is 2.35. The van der Waals surface area contributed by atoms with Crippen LogP contribution in [0.1, 0.15) is 44.7 Å². The molecule has 1 N–H and O–H groups in total. The fourth-order valence-electron chi connectivity index (χ4n) is 2.87. The highest BCUT2D eigenvalue weighted by atomic mass is 16.4. The van der Waals surface area contributed by atoms with Crippen LogP contribution in [-0.4, -0.2) is 23.2 Å². The lowest BCUT2D eigenvalue weighted by molar-refractivity contribution is -0.138. The average molecular weight is 247 g/mol. The molecule has 1 aliphatic heterocycles. The maximum atomic E-state index is 11.0. The molecule has 0 aliphatic carbocycles. The van der Waals surface area contributed by atoms with Gasteiger partial charge in [-0.3, -0.25) is 4.79 Å². The molecule has 2 unspecified atom stereocenters. The van der Waals surface area contributed by atoms with Crippen molar-refractivity contribution in [3.05, 3.63) is 29.3 Å². The third-order valence-electron chi connectivity index (χ3n) is 3.80. The minimum Gasteiger partial charge on any atom is -0.481 e. The summed E-state index contributed by atoms with van der Waals surface area (Å²) in [6.45, 7) is 8.35. The summed E-state index contributed by atoms with van der Waals surface area (Å²) in [5.41, 5.74) is 3.44. The average Bonchev–Trinajstić information content (AvgIpc) is 2.62. The van der Waals surface area contributed by atoms with Crippen LogP contribution in [-0.2, 0) is 11.2 Å². The second kappa shape index (κ2) is 4.63. The van der Waals surface area contributed by atoms with E-state index in [4.69, 9.17) is 5.11 Å². The van der Waals surface area contributed by atoms with Crippen molar-refractivity contribution in [2.24, 2.45) is 0 Å². The maximum absolute atomic E-state index is 11.0. The van der Waals surface area contributed by atoms with E-state index in [2.05, 4.69) is 37.8 Å². The van der Waals surface area contributed by atoms with Gasteiger partial charge in [0.15, 0.2) is 0 Å². The molecule has 0 bridgehead atoms. The molecule has 0 radical (unpaired) electrons. The van der Waals surface area contributed by atoms with Crippen molar-refractivity contribution < 1.29 is 9.90 Å². The summed E-state index contributed by atoms with van der Waals surface area (Å²) in [6.07, 6.45) is 1.01. The van der Waals surface area contributed by atoms with Crippen molar-refractivity contribution in [2.45, 2.75) is 52.1 Å². The van der Waals surface area contributed by atoms with Crippen LogP contribution in [0, 0.1) is 0 Å². The van der Waals surface area contributed by atoms with Gasteiger partial charge >= 0.3 is 5.97 Å². The molecule has 3 nitrogen and oxygen atoms in total. The van der Waals surface area contributed by atoms with Gasteiger partial charge in [0.05, 0.1) is 5.92 Å². The second-order valence-electron chi connectivity index (χ2n) is 5.50. The summed E-state index contributed by atoms with van der Waals surface area (Å²) in [7, 11) is 0. The van der Waals surface area contributed by atoms with Crippen LogP contribution in [0.25, 0.3) is 0 Å². The maximum Gasteiger partial charge on any atom is 0.310 e. The summed E-state index contributed by atoms with van der Waals surface area (Å²) < 4.78 is 0. The Morgan fingerprint density at radius 2 is 2.06 bits per heavy atom. The predicted octanol–water partition coefficient (Wildman–Crippen LogP) is 3.03. The number of nitrogens with zero attached hydrogens (tertiary/aromatic N) is 1. The van der Waals surface area contributed by atoms with Crippen molar-refractivity contribution in [3.63, 3.8) is 0 Å². The van der Waals surface area contributed by atoms with E-state index in [1.54, 1.807) is 6.92 Å². The molecule has 2 atom stereocenters. The molecule has 0 fully saturated rings. The fourth-order valence-corrected chi connectivity index (χ4v) is 2.87. The molecule has 1 aromatic carbocycles. The quantitative estimate of drug-likeness (QED) is 0.892. The van der Waals surface area contributed by atoms with E-state index in [-0.39, 0.29) is 0 Å². The summed E-state index contributed by atoms with van der Waals surface area (Å²) in [4.78, 5) is 13.4. The number of hydrogen-bond acceptors (Lipinski definition) is 2. The van der Waals surface area contributed by atoms with Crippen LogP contribution in [0.5, 0.6) is 0 Å². The number of benzene rings is 1. The first kappa shape index (κ1) is 12.9. The number of carboxylic acids is 1. The highest BCUT2D eigenvalue weighted by molar-refractivity contribution is 5.76. The van der Waals surface area contributed by atoms with Crippen molar-refractivity contribution in [2.75, 3.05) is 4.90 Å². The number of anilines is 1. The van der Waals surface area contributed by atoms with Crippen molar-refractivity contribution in [1.29, 1.82) is 0 Å². The van der Waals surface area contributed by atoms with Crippen molar-refractivity contribution >= 4 is 11.7 Å². The lowest BCUT2D eigenvalue weighted by Crippen LogP contribution is -2.35.